The zero-order valence-corrected chi connectivity index (χ0v) is 16.1. The number of aliphatic hydroxyl groups is 1. The van der Waals surface area contributed by atoms with Crippen LogP contribution >= 0.6 is 0 Å². The van der Waals surface area contributed by atoms with Crippen molar-refractivity contribution in [2.45, 2.75) is 31.9 Å². The predicted octanol–water partition coefficient (Wildman–Crippen LogP) is 2.15. The Labute approximate surface area is 167 Å². The van der Waals surface area contributed by atoms with Gasteiger partial charge in [-0.1, -0.05) is 6.07 Å². The minimum Gasteiger partial charge on any atom is -0.403 e. The maximum Gasteiger partial charge on any atom is 0.573 e. The Balaban J connectivity index is 2.27. The lowest BCUT2D eigenvalue weighted by Crippen LogP contribution is -2.34. The average molecular weight is 433 g/mol. The topological polar surface area (TPSA) is 114 Å². The molecule has 0 fully saturated rings. The summed E-state index contributed by atoms with van der Waals surface area (Å²) in [6.45, 7) is 2.51. The lowest BCUT2D eigenvalue weighted by Gasteiger charge is -2.22. The first kappa shape index (κ1) is 23.3. The highest BCUT2D eigenvalue weighted by atomic mass is 19.4. The van der Waals surface area contributed by atoms with Gasteiger partial charge in [-0.25, -0.2) is 9.37 Å². The monoisotopic (exact) mass is 433 g/mol. The SMILES string of the molecule is COC(C)(C)c1nc(C(=O)NC(CO)c2ccc(OC(F)(F)F)c(F)c2)cc(=O)[nH]1. The molecule has 3 N–H and O–H groups in total. The highest BCUT2D eigenvalue weighted by Crippen LogP contribution is 2.28. The van der Waals surface area contributed by atoms with Crippen LogP contribution in [0.25, 0.3) is 0 Å². The third-order valence-corrected chi connectivity index (χ3v) is 4.13. The van der Waals surface area contributed by atoms with E-state index >= 15 is 0 Å². The van der Waals surface area contributed by atoms with Crippen molar-refractivity contribution in [1.29, 1.82) is 0 Å². The van der Waals surface area contributed by atoms with Crippen LogP contribution in [0.5, 0.6) is 5.75 Å². The number of hydrogen-bond acceptors (Lipinski definition) is 6. The van der Waals surface area contributed by atoms with Crippen LogP contribution in [-0.2, 0) is 10.3 Å². The van der Waals surface area contributed by atoms with Crippen molar-refractivity contribution in [3.63, 3.8) is 0 Å². The summed E-state index contributed by atoms with van der Waals surface area (Å²) in [7, 11) is 1.38. The van der Waals surface area contributed by atoms with Gasteiger partial charge < -0.3 is 24.9 Å². The number of H-pyrrole nitrogens is 1. The second-order valence-electron chi connectivity index (χ2n) is 6.64. The van der Waals surface area contributed by atoms with Gasteiger partial charge in [-0.3, -0.25) is 9.59 Å². The lowest BCUT2D eigenvalue weighted by atomic mass is 10.1. The van der Waals surface area contributed by atoms with Crippen LogP contribution in [0, 0.1) is 5.82 Å². The summed E-state index contributed by atoms with van der Waals surface area (Å²) in [4.78, 5) is 30.8. The summed E-state index contributed by atoms with van der Waals surface area (Å²) in [6.07, 6.45) is -5.08. The third kappa shape index (κ3) is 5.76. The number of nitrogens with zero attached hydrogens (tertiary/aromatic N) is 1. The van der Waals surface area contributed by atoms with Crippen LogP contribution < -0.4 is 15.6 Å². The summed E-state index contributed by atoms with van der Waals surface area (Å²) in [5, 5.41) is 11.9. The molecule has 0 saturated carbocycles. The Morgan fingerprint density at radius 1 is 1.30 bits per heavy atom. The van der Waals surface area contributed by atoms with Crippen molar-refractivity contribution < 1.29 is 36.9 Å². The van der Waals surface area contributed by atoms with Crippen LogP contribution in [0.15, 0.2) is 29.1 Å². The Morgan fingerprint density at radius 3 is 2.50 bits per heavy atom. The number of aliphatic hydroxyl groups excluding tert-OH is 1. The molecule has 1 unspecified atom stereocenters. The first-order chi connectivity index (χ1) is 13.9. The van der Waals surface area contributed by atoms with Crippen molar-refractivity contribution in [3.8, 4) is 5.75 Å². The summed E-state index contributed by atoms with van der Waals surface area (Å²) in [5.74, 6) is -3.19. The molecule has 164 valence electrons. The van der Waals surface area contributed by atoms with Gasteiger partial charge in [0.25, 0.3) is 11.5 Å². The second kappa shape index (κ2) is 8.79. The van der Waals surface area contributed by atoms with Gasteiger partial charge in [-0.2, -0.15) is 0 Å². The number of benzene rings is 1. The number of aromatic amines is 1. The summed E-state index contributed by atoms with van der Waals surface area (Å²) in [5.41, 5.74) is -1.96. The summed E-state index contributed by atoms with van der Waals surface area (Å²) < 4.78 is 59.4. The average Bonchev–Trinajstić information content (AvgIpc) is 2.66. The fourth-order valence-electron chi connectivity index (χ4n) is 2.36. The van der Waals surface area contributed by atoms with Crippen molar-refractivity contribution in [2.75, 3.05) is 13.7 Å². The molecule has 0 bridgehead atoms. The molecule has 30 heavy (non-hydrogen) atoms. The first-order valence-corrected chi connectivity index (χ1v) is 8.50. The van der Waals surface area contributed by atoms with Gasteiger partial charge in [0.15, 0.2) is 11.6 Å². The summed E-state index contributed by atoms with van der Waals surface area (Å²) in [6, 6.07) is 2.19. The van der Waals surface area contributed by atoms with Gasteiger partial charge in [0.1, 0.15) is 17.1 Å². The fourth-order valence-corrected chi connectivity index (χ4v) is 2.36. The van der Waals surface area contributed by atoms with E-state index in [1.54, 1.807) is 13.8 Å². The molecule has 12 heteroatoms. The number of rotatable bonds is 7. The van der Waals surface area contributed by atoms with Crippen LogP contribution in [0.3, 0.4) is 0 Å². The maximum absolute atomic E-state index is 13.9. The van der Waals surface area contributed by atoms with Crippen molar-refractivity contribution in [3.05, 3.63) is 57.5 Å². The van der Waals surface area contributed by atoms with Gasteiger partial charge in [-0.05, 0) is 31.5 Å². The molecular weight excluding hydrogens is 414 g/mol. The standard InChI is InChI=1S/C18H19F4N3O5/c1-17(2,29-3)16-24-11(7-14(27)25-16)15(28)23-12(8-26)9-4-5-13(10(19)6-9)30-18(20,21)22/h4-7,12,26H,8H2,1-3H3,(H,23,28)(H,24,25,27). The highest BCUT2D eigenvalue weighted by Gasteiger charge is 2.32. The van der Waals surface area contributed by atoms with Gasteiger partial charge in [0.2, 0.25) is 0 Å². The van der Waals surface area contributed by atoms with Gasteiger partial charge in [-0.15, -0.1) is 13.2 Å². The van der Waals surface area contributed by atoms with Crippen molar-refractivity contribution in [1.82, 2.24) is 15.3 Å². The zero-order chi connectivity index (χ0) is 22.7. The van der Waals surface area contributed by atoms with Crippen LogP contribution in [0.2, 0.25) is 0 Å². The minimum absolute atomic E-state index is 0.0276. The maximum atomic E-state index is 13.9. The first-order valence-electron chi connectivity index (χ1n) is 8.50. The van der Waals surface area contributed by atoms with Gasteiger partial charge in [0.05, 0.1) is 12.6 Å². The van der Waals surface area contributed by atoms with Gasteiger partial charge in [0, 0.05) is 13.2 Å². The molecule has 1 aromatic carbocycles. The number of aromatic nitrogens is 2. The van der Waals surface area contributed by atoms with E-state index < -0.39 is 47.6 Å². The number of alkyl halides is 3. The lowest BCUT2D eigenvalue weighted by molar-refractivity contribution is -0.275. The van der Waals surface area contributed by atoms with Crippen LogP contribution in [-0.4, -0.2) is 41.1 Å². The molecular formula is C18H19F4N3O5. The Hall–Kier alpha value is -2.99. The molecule has 1 atom stereocenters. The number of hydrogen-bond donors (Lipinski definition) is 3. The number of methoxy groups -OCH3 is 1. The smallest absolute Gasteiger partial charge is 0.403 e. The Morgan fingerprint density at radius 2 is 1.97 bits per heavy atom. The van der Waals surface area contributed by atoms with E-state index in [2.05, 4.69) is 20.0 Å². The number of halogens is 4. The van der Waals surface area contributed by atoms with E-state index in [0.717, 1.165) is 18.2 Å². The normalized spacial score (nSPS) is 13.1. The van der Waals surface area contributed by atoms with E-state index in [0.29, 0.717) is 6.07 Å². The highest BCUT2D eigenvalue weighted by molar-refractivity contribution is 5.92. The Bertz CT molecular complexity index is 975. The number of carbonyl (C=O) groups is 1. The van der Waals surface area contributed by atoms with Crippen molar-refractivity contribution in [2.24, 2.45) is 0 Å². The molecule has 0 radical (unpaired) electrons. The molecule has 1 heterocycles. The molecule has 0 spiro atoms. The molecule has 2 aromatic rings. The number of amides is 1. The molecule has 2 rings (SSSR count). The van der Waals surface area contributed by atoms with E-state index in [1.165, 1.54) is 7.11 Å². The predicted molar refractivity (Wildman–Crippen MR) is 95.3 cm³/mol. The fraction of sp³-hybridized carbons (Fsp3) is 0.389. The zero-order valence-electron chi connectivity index (χ0n) is 16.1. The molecule has 1 amide bonds. The number of ether oxygens (including phenoxy) is 2. The minimum atomic E-state index is -5.08. The van der Waals surface area contributed by atoms with Gasteiger partial charge >= 0.3 is 6.36 Å². The molecule has 0 saturated heterocycles. The van der Waals surface area contributed by atoms with E-state index in [-0.39, 0.29) is 17.1 Å². The van der Waals surface area contributed by atoms with E-state index in [1.807, 2.05) is 0 Å². The van der Waals surface area contributed by atoms with E-state index in [9.17, 15) is 32.3 Å². The van der Waals surface area contributed by atoms with Crippen LogP contribution in [0.4, 0.5) is 17.6 Å². The number of nitrogens with one attached hydrogen (secondary N) is 2. The molecule has 1 aromatic heterocycles. The largest absolute Gasteiger partial charge is 0.573 e. The molecule has 8 nitrogen and oxygen atoms in total. The molecule has 0 aliphatic heterocycles. The molecule has 0 aliphatic rings. The quantitative estimate of drug-likeness (QED) is 0.577. The van der Waals surface area contributed by atoms with Crippen molar-refractivity contribution >= 4 is 5.91 Å². The van der Waals surface area contributed by atoms with Crippen LogP contribution in [0.1, 0.15) is 41.8 Å². The Kier molecular flexibility index (Phi) is 6.83. The third-order valence-electron chi connectivity index (χ3n) is 4.13. The van der Waals surface area contributed by atoms with E-state index in [4.69, 9.17) is 4.74 Å². The molecule has 0 aliphatic carbocycles. The number of carbonyl (C=O) groups excluding carboxylic acids is 1. The second-order valence-corrected chi connectivity index (χ2v) is 6.64. The summed E-state index contributed by atoms with van der Waals surface area (Å²) >= 11 is 0.